The molecule has 2 unspecified atom stereocenters. The molecule has 1 nitrogen and oxygen atoms in total. The van der Waals surface area contributed by atoms with Crippen LogP contribution in [-0.4, -0.2) is 6.29 Å². The van der Waals surface area contributed by atoms with Crippen LogP contribution in [0.15, 0.2) is 18.2 Å². The van der Waals surface area contributed by atoms with E-state index in [1.165, 1.54) is 30.4 Å². The molecule has 74 valence electrons. The van der Waals surface area contributed by atoms with Crippen molar-refractivity contribution in [1.29, 1.82) is 0 Å². The van der Waals surface area contributed by atoms with Crippen molar-refractivity contribution in [2.24, 2.45) is 0 Å². The lowest BCUT2D eigenvalue weighted by Gasteiger charge is -2.14. The van der Waals surface area contributed by atoms with Crippen molar-refractivity contribution in [2.45, 2.75) is 38.5 Å². The Morgan fingerprint density at radius 2 is 1.86 bits per heavy atom. The van der Waals surface area contributed by atoms with E-state index in [0.29, 0.717) is 0 Å². The molecular formula is C13H16O. The fraction of sp³-hybridized carbons (Fsp3) is 0.462. The maximum Gasteiger partial charge on any atom is 0.150 e. The number of carbonyl (C=O) groups excluding carboxylic acids is 1. The number of rotatable bonds is 1. The zero-order chi connectivity index (χ0) is 8.84. The van der Waals surface area contributed by atoms with Gasteiger partial charge in [-0.1, -0.05) is 19.6 Å². The average molecular weight is 188 g/mol. The Kier molecular flexibility index (Phi) is 2.18. The van der Waals surface area contributed by atoms with E-state index in [1.54, 1.807) is 0 Å². The minimum absolute atomic E-state index is 0. The smallest absolute Gasteiger partial charge is 0.150 e. The molecular weight excluding hydrogens is 172 g/mol. The molecule has 2 atom stereocenters. The SMILES string of the molecule is C.O=Cc1ccc2c(c1)C1CCC2C1. The van der Waals surface area contributed by atoms with Crippen LogP contribution in [0.3, 0.4) is 0 Å². The molecule has 0 aromatic heterocycles. The molecule has 3 rings (SSSR count). The highest BCUT2D eigenvalue weighted by molar-refractivity contribution is 5.75. The second kappa shape index (κ2) is 3.23. The number of hydrogen-bond acceptors (Lipinski definition) is 1. The maximum absolute atomic E-state index is 10.6. The molecule has 14 heavy (non-hydrogen) atoms. The van der Waals surface area contributed by atoms with E-state index in [4.69, 9.17) is 0 Å². The number of carbonyl (C=O) groups is 1. The number of fused-ring (bicyclic) bond motifs is 5. The molecule has 1 heteroatoms. The van der Waals surface area contributed by atoms with Crippen molar-refractivity contribution < 1.29 is 4.79 Å². The van der Waals surface area contributed by atoms with E-state index < -0.39 is 0 Å². The molecule has 0 N–H and O–H groups in total. The molecule has 1 aromatic carbocycles. The third-order valence-electron chi connectivity index (χ3n) is 3.56. The van der Waals surface area contributed by atoms with Gasteiger partial charge in [0.05, 0.1) is 0 Å². The zero-order valence-corrected chi connectivity index (χ0v) is 7.49. The Balaban J connectivity index is 0.000000750. The topological polar surface area (TPSA) is 17.1 Å². The predicted molar refractivity (Wildman–Crippen MR) is 57.9 cm³/mol. The number of hydrogen-bond donors (Lipinski definition) is 0. The second-order valence-corrected chi connectivity index (χ2v) is 4.21. The summed E-state index contributed by atoms with van der Waals surface area (Å²) in [7, 11) is 0. The van der Waals surface area contributed by atoms with Crippen molar-refractivity contribution in [3.8, 4) is 0 Å². The van der Waals surface area contributed by atoms with Gasteiger partial charge in [-0.05, 0) is 48.3 Å². The van der Waals surface area contributed by atoms with Crippen LogP contribution in [0.4, 0.5) is 0 Å². The molecule has 2 aliphatic rings. The van der Waals surface area contributed by atoms with Crippen molar-refractivity contribution >= 4 is 6.29 Å². The first kappa shape index (κ1) is 9.45. The van der Waals surface area contributed by atoms with Crippen LogP contribution in [0, 0.1) is 0 Å². The van der Waals surface area contributed by atoms with Crippen molar-refractivity contribution in [1.82, 2.24) is 0 Å². The molecule has 1 saturated carbocycles. The molecule has 2 bridgehead atoms. The fourth-order valence-corrected chi connectivity index (χ4v) is 2.94. The van der Waals surface area contributed by atoms with Crippen LogP contribution < -0.4 is 0 Å². The summed E-state index contributed by atoms with van der Waals surface area (Å²) in [5, 5.41) is 0. The first-order valence-electron chi connectivity index (χ1n) is 4.97. The van der Waals surface area contributed by atoms with Gasteiger partial charge in [0.1, 0.15) is 6.29 Å². The molecule has 1 aromatic rings. The molecule has 2 aliphatic carbocycles. The lowest BCUT2D eigenvalue weighted by molar-refractivity contribution is 0.112. The Morgan fingerprint density at radius 1 is 1.14 bits per heavy atom. The third-order valence-corrected chi connectivity index (χ3v) is 3.56. The molecule has 1 fully saturated rings. The Morgan fingerprint density at radius 3 is 2.57 bits per heavy atom. The zero-order valence-electron chi connectivity index (χ0n) is 7.49. The van der Waals surface area contributed by atoms with Gasteiger partial charge in [-0.15, -0.1) is 0 Å². The highest BCUT2D eigenvalue weighted by atomic mass is 16.1. The molecule has 0 spiro atoms. The largest absolute Gasteiger partial charge is 0.298 e. The van der Waals surface area contributed by atoms with Crippen LogP contribution in [-0.2, 0) is 0 Å². The average Bonchev–Trinajstić information content (AvgIpc) is 2.77. The van der Waals surface area contributed by atoms with E-state index in [0.717, 1.165) is 23.7 Å². The summed E-state index contributed by atoms with van der Waals surface area (Å²) in [4.78, 5) is 10.6. The third kappa shape index (κ3) is 1.12. The summed E-state index contributed by atoms with van der Waals surface area (Å²) >= 11 is 0. The summed E-state index contributed by atoms with van der Waals surface area (Å²) in [6.07, 6.45) is 4.97. The van der Waals surface area contributed by atoms with Gasteiger partial charge in [-0.25, -0.2) is 0 Å². The molecule has 0 saturated heterocycles. The van der Waals surface area contributed by atoms with Crippen molar-refractivity contribution in [2.75, 3.05) is 0 Å². The summed E-state index contributed by atoms with van der Waals surface area (Å²) in [6.45, 7) is 0. The van der Waals surface area contributed by atoms with Crippen molar-refractivity contribution in [3.63, 3.8) is 0 Å². The van der Waals surface area contributed by atoms with Crippen LogP contribution in [0.5, 0.6) is 0 Å². The summed E-state index contributed by atoms with van der Waals surface area (Å²) < 4.78 is 0. The lowest BCUT2D eigenvalue weighted by atomic mass is 9.91. The maximum atomic E-state index is 10.6. The predicted octanol–water partition coefficient (Wildman–Crippen LogP) is 3.50. The van der Waals surface area contributed by atoms with E-state index in [1.807, 2.05) is 6.07 Å². The minimum atomic E-state index is 0. The molecule has 0 aliphatic heterocycles. The Bertz CT molecular complexity index is 367. The van der Waals surface area contributed by atoms with E-state index in [2.05, 4.69) is 12.1 Å². The van der Waals surface area contributed by atoms with Gasteiger partial charge in [-0.2, -0.15) is 0 Å². The van der Waals surface area contributed by atoms with Crippen molar-refractivity contribution in [3.05, 3.63) is 34.9 Å². The number of aldehydes is 1. The Hall–Kier alpha value is -1.11. The lowest BCUT2D eigenvalue weighted by Crippen LogP contribution is -1.98. The van der Waals surface area contributed by atoms with Crippen LogP contribution in [0.1, 0.15) is 60.0 Å². The van der Waals surface area contributed by atoms with Gasteiger partial charge in [-0.3, -0.25) is 4.79 Å². The van der Waals surface area contributed by atoms with Crippen LogP contribution >= 0.6 is 0 Å². The van der Waals surface area contributed by atoms with Crippen LogP contribution in [0.2, 0.25) is 0 Å². The molecule has 0 radical (unpaired) electrons. The first-order valence-corrected chi connectivity index (χ1v) is 4.97. The van der Waals surface area contributed by atoms with E-state index in [-0.39, 0.29) is 7.43 Å². The highest BCUT2D eigenvalue weighted by Crippen LogP contribution is 2.52. The van der Waals surface area contributed by atoms with Gasteiger partial charge in [0.25, 0.3) is 0 Å². The molecule has 0 heterocycles. The van der Waals surface area contributed by atoms with Gasteiger partial charge in [0.2, 0.25) is 0 Å². The monoisotopic (exact) mass is 188 g/mol. The van der Waals surface area contributed by atoms with E-state index >= 15 is 0 Å². The van der Waals surface area contributed by atoms with Gasteiger partial charge in [0.15, 0.2) is 0 Å². The van der Waals surface area contributed by atoms with Gasteiger partial charge in [0, 0.05) is 5.56 Å². The molecule has 0 amide bonds. The summed E-state index contributed by atoms with van der Waals surface area (Å²) in [5.74, 6) is 1.57. The minimum Gasteiger partial charge on any atom is -0.298 e. The summed E-state index contributed by atoms with van der Waals surface area (Å²) in [6, 6.07) is 6.20. The van der Waals surface area contributed by atoms with Gasteiger partial charge < -0.3 is 0 Å². The normalized spacial score (nSPS) is 26.9. The quantitative estimate of drug-likeness (QED) is 0.616. The van der Waals surface area contributed by atoms with Gasteiger partial charge >= 0.3 is 0 Å². The number of benzene rings is 1. The fourth-order valence-electron chi connectivity index (χ4n) is 2.94. The second-order valence-electron chi connectivity index (χ2n) is 4.21. The van der Waals surface area contributed by atoms with Crippen LogP contribution in [0.25, 0.3) is 0 Å². The Labute approximate surface area is 85.1 Å². The van der Waals surface area contributed by atoms with E-state index in [9.17, 15) is 4.79 Å². The standard InChI is InChI=1S/C12H12O.CH4/c13-7-8-1-4-11-9-2-3-10(6-9)12(11)5-8;/h1,4-5,7,9-10H,2-3,6H2;1H4. The highest BCUT2D eigenvalue weighted by Gasteiger charge is 2.36. The summed E-state index contributed by atoms with van der Waals surface area (Å²) in [5.41, 5.74) is 3.81. The first-order chi connectivity index (χ1) is 6.38.